The quantitative estimate of drug-likeness (QED) is 0.512. The van der Waals surface area contributed by atoms with Gasteiger partial charge < -0.3 is 15.7 Å². The first-order valence-corrected chi connectivity index (χ1v) is 10.1. The highest BCUT2D eigenvalue weighted by Crippen LogP contribution is 2.34. The molecule has 1 heterocycles. The number of nitrogens with one attached hydrogen (secondary N) is 2. The summed E-state index contributed by atoms with van der Waals surface area (Å²) in [5, 5.41) is 16.2. The molecule has 3 N–H and O–H groups in total. The van der Waals surface area contributed by atoms with Gasteiger partial charge in [0.25, 0.3) is 5.91 Å². The van der Waals surface area contributed by atoms with Crippen molar-refractivity contribution in [3.8, 4) is 5.75 Å². The van der Waals surface area contributed by atoms with Crippen molar-refractivity contribution >= 4 is 34.6 Å². The van der Waals surface area contributed by atoms with Gasteiger partial charge in [0.2, 0.25) is 0 Å². The van der Waals surface area contributed by atoms with Crippen molar-refractivity contribution in [2.75, 3.05) is 10.2 Å². The molecule has 0 saturated heterocycles. The first-order chi connectivity index (χ1) is 14.9. The number of amides is 1. The van der Waals surface area contributed by atoms with Crippen molar-refractivity contribution in [3.63, 3.8) is 0 Å². The molecule has 3 aromatic carbocycles. The normalized spacial score (nSPS) is 16.1. The van der Waals surface area contributed by atoms with Crippen LogP contribution in [0.1, 0.15) is 18.5 Å². The minimum atomic E-state index is -0.520. The lowest BCUT2D eigenvalue weighted by Gasteiger charge is -2.38. The Morgan fingerprint density at radius 1 is 1.03 bits per heavy atom. The van der Waals surface area contributed by atoms with Crippen molar-refractivity contribution in [3.05, 3.63) is 102 Å². The van der Waals surface area contributed by atoms with E-state index in [-0.39, 0.29) is 17.5 Å². The zero-order valence-corrected chi connectivity index (χ0v) is 17.5. The summed E-state index contributed by atoms with van der Waals surface area (Å²) in [6.45, 7) is 1.81. The molecule has 1 unspecified atom stereocenters. The number of rotatable bonds is 4. The summed E-state index contributed by atoms with van der Waals surface area (Å²) in [5.74, 6) is -0.514. The molecule has 4 rings (SSSR count). The topological polar surface area (TPSA) is 64.6 Å². The first-order valence-electron chi connectivity index (χ1n) is 9.66. The number of nitrogens with zero attached hydrogens (tertiary/aromatic N) is 1. The maximum atomic E-state index is 13.4. The summed E-state index contributed by atoms with van der Waals surface area (Å²) in [6.07, 6.45) is 0. The van der Waals surface area contributed by atoms with E-state index in [0.717, 1.165) is 5.56 Å². The molecule has 5 nitrogen and oxygen atoms in total. The van der Waals surface area contributed by atoms with Crippen LogP contribution in [0.25, 0.3) is 0 Å². The standard InChI is InChI=1S/C24H20FN3O2S/c1-15-21(23(30)26-18-5-3-2-4-6-18)22(16-7-13-20(29)14-8-16)27-24(31)28(15)19-11-9-17(25)10-12-19/h2-14,22,29H,1H3,(H,26,30)(H,27,31). The Balaban J connectivity index is 1.80. The lowest BCUT2D eigenvalue weighted by molar-refractivity contribution is -0.113. The van der Waals surface area contributed by atoms with Crippen LogP contribution >= 0.6 is 12.2 Å². The molecular formula is C24H20FN3O2S. The molecule has 156 valence electrons. The van der Waals surface area contributed by atoms with Crippen molar-refractivity contribution in [2.45, 2.75) is 13.0 Å². The summed E-state index contributed by atoms with van der Waals surface area (Å²) >= 11 is 5.60. The number of carbonyl (C=O) groups is 1. The van der Waals surface area contributed by atoms with Gasteiger partial charge >= 0.3 is 0 Å². The number of halogens is 1. The number of carbonyl (C=O) groups excluding carboxylic acids is 1. The highest BCUT2D eigenvalue weighted by atomic mass is 32.1. The third kappa shape index (κ3) is 4.27. The van der Waals surface area contributed by atoms with Crippen LogP contribution in [0.15, 0.2) is 90.1 Å². The molecule has 0 fully saturated rings. The predicted octanol–water partition coefficient (Wildman–Crippen LogP) is 4.88. The number of thiocarbonyl (C=S) groups is 1. The Hall–Kier alpha value is -3.71. The van der Waals surface area contributed by atoms with Crippen molar-refractivity contribution in [2.24, 2.45) is 0 Å². The van der Waals surface area contributed by atoms with Crippen molar-refractivity contribution in [1.82, 2.24) is 5.32 Å². The van der Waals surface area contributed by atoms with E-state index >= 15 is 0 Å². The van der Waals surface area contributed by atoms with Gasteiger partial charge in [-0.15, -0.1) is 0 Å². The van der Waals surface area contributed by atoms with Gasteiger partial charge in [0, 0.05) is 17.1 Å². The zero-order valence-electron chi connectivity index (χ0n) is 16.7. The Morgan fingerprint density at radius 2 is 1.68 bits per heavy atom. The molecule has 0 aliphatic carbocycles. The van der Waals surface area contributed by atoms with E-state index in [2.05, 4.69) is 10.6 Å². The highest BCUT2D eigenvalue weighted by molar-refractivity contribution is 7.80. The van der Waals surface area contributed by atoms with Gasteiger partial charge in [-0.1, -0.05) is 30.3 Å². The van der Waals surface area contributed by atoms with E-state index in [1.165, 1.54) is 12.1 Å². The fourth-order valence-electron chi connectivity index (χ4n) is 3.58. The van der Waals surface area contributed by atoms with E-state index in [9.17, 15) is 14.3 Å². The molecule has 0 spiro atoms. The number of aromatic hydroxyl groups is 1. The minimum Gasteiger partial charge on any atom is -0.508 e. The van der Waals surface area contributed by atoms with E-state index in [4.69, 9.17) is 12.2 Å². The summed E-state index contributed by atoms with van der Waals surface area (Å²) in [5.41, 5.74) is 3.18. The fourth-order valence-corrected chi connectivity index (χ4v) is 3.94. The molecule has 3 aromatic rings. The molecule has 0 saturated carbocycles. The third-order valence-electron chi connectivity index (χ3n) is 5.07. The summed E-state index contributed by atoms with van der Waals surface area (Å²) in [4.78, 5) is 15.1. The molecule has 1 atom stereocenters. The first kappa shape index (κ1) is 20.6. The second kappa shape index (κ2) is 8.57. The number of hydrogen-bond acceptors (Lipinski definition) is 3. The average molecular weight is 434 g/mol. The molecule has 7 heteroatoms. The second-order valence-electron chi connectivity index (χ2n) is 7.11. The lowest BCUT2D eigenvalue weighted by Crippen LogP contribution is -2.48. The largest absolute Gasteiger partial charge is 0.508 e. The van der Waals surface area contributed by atoms with Gasteiger partial charge in [-0.25, -0.2) is 4.39 Å². The zero-order chi connectivity index (χ0) is 22.0. The fraction of sp³-hybridized carbons (Fsp3) is 0.0833. The van der Waals surface area contributed by atoms with Gasteiger partial charge in [-0.2, -0.15) is 0 Å². The van der Waals surface area contributed by atoms with E-state index in [1.54, 1.807) is 41.3 Å². The van der Waals surface area contributed by atoms with E-state index in [0.29, 0.717) is 27.8 Å². The maximum Gasteiger partial charge on any atom is 0.255 e. The van der Waals surface area contributed by atoms with Gasteiger partial charge in [-0.05, 0) is 73.2 Å². The van der Waals surface area contributed by atoms with Crippen LogP contribution in [0.2, 0.25) is 0 Å². The minimum absolute atomic E-state index is 0.131. The SMILES string of the molecule is CC1=C(C(=O)Nc2ccccc2)C(c2ccc(O)cc2)NC(=S)N1c1ccc(F)cc1. The number of anilines is 2. The molecule has 0 bridgehead atoms. The highest BCUT2D eigenvalue weighted by Gasteiger charge is 2.34. The molecule has 0 radical (unpaired) electrons. The Morgan fingerprint density at radius 3 is 2.32 bits per heavy atom. The van der Waals surface area contributed by atoms with E-state index in [1.807, 2.05) is 37.3 Å². The number of allylic oxidation sites excluding steroid dienone is 1. The summed E-state index contributed by atoms with van der Waals surface area (Å²) in [7, 11) is 0. The van der Waals surface area contributed by atoms with Crippen LogP contribution in [0.4, 0.5) is 15.8 Å². The van der Waals surface area contributed by atoms with Gasteiger partial charge in [0.15, 0.2) is 5.11 Å². The Labute approximate surface area is 184 Å². The van der Waals surface area contributed by atoms with Crippen LogP contribution in [-0.2, 0) is 4.79 Å². The molecule has 1 aliphatic rings. The van der Waals surface area contributed by atoms with Crippen LogP contribution in [0.5, 0.6) is 5.75 Å². The van der Waals surface area contributed by atoms with Gasteiger partial charge in [0.1, 0.15) is 11.6 Å². The van der Waals surface area contributed by atoms with Gasteiger partial charge in [0.05, 0.1) is 11.6 Å². The van der Waals surface area contributed by atoms with Crippen LogP contribution < -0.4 is 15.5 Å². The average Bonchev–Trinajstić information content (AvgIpc) is 2.76. The number of hydrogen-bond donors (Lipinski definition) is 3. The smallest absolute Gasteiger partial charge is 0.255 e. The molecule has 31 heavy (non-hydrogen) atoms. The van der Waals surface area contributed by atoms with Crippen molar-refractivity contribution in [1.29, 1.82) is 0 Å². The molecule has 1 amide bonds. The number of benzene rings is 3. The van der Waals surface area contributed by atoms with Crippen molar-refractivity contribution < 1.29 is 14.3 Å². The summed E-state index contributed by atoms with van der Waals surface area (Å²) in [6, 6.07) is 21.2. The third-order valence-corrected chi connectivity index (χ3v) is 5.37. The van der Waals surface area contributed by atoms with Gasteiger partial charge in [-0.3, -0.25) is 9.69 Å². The van der Waals surface area contributed by atoms with Crippen LogP contribution in [0, 0.1) is 5.82 Å². The maximum absolute atomic E-state index is 13.4. The monoisotopic (exact) mass is 433 g/mol. The lowest BCUT2D eigenvalue weighted by atomic mass is 9.94. The summed E-state index contributed by atoms with van der Waals surface area (Å²) < 4.78 is 13.4. The Kier molecular flexibility index (Phi) is 5.68. The number of phenolic OH excluding ortho intramolecular Hbond substituents is 1. The number of phenols is 1. The predicted molar refractivity (Wildman–Crippen MR) is 123 cm³/mol. The Bertz CT molecular complexity index is 1150. The molecule has 0 aromatic heterocycles. The van der Waals surface area contributed by atoms with E-state index < -0.39 is 6.04 Å². The molecular weight excluding hydrogens is 413 g/mol. The number of para-hydroxylation sites is 1. The second-order valence-corrected chi connectivity index (χ2v) is 7.49. The molecule has 1 aliphatic heterocycles. The van der Waals surface area contributed by atoms with Crippen LogP contribution in [-0.4, -0.2) is 16.1 Å². The van der Waals surface area contributed by atoms with Crippen LogP contribution in [0.3, 0.4) is 0 Å².